The lowest BCUT2D eigenvalue weighted by Crippen LogP contribution is -3.00. The molecule has 11 heavy (non-hydrogen) atoms. The standard InChI is InChI=1S/C7H13NO2.ClH/c1-10-7(9)6-2-4-8-5-3-6;/h6,8H,2-5H2,1H3;1H. The number of esters is 1. The van der Waals surface area contributed by atoms with Crippen molar-refractivity contribution in [3.8, 4) is 0 Å². The van der Waals surface area contributed by atoms with Gasteiger partial charge < -0.3 is 22.5 Å². The van der Waals surface area contributed by atoms with Gasteiger partial charge >= 0.3 is 5.97 Å². The van der Waals surface area contributed by atoms with Gasteiger partial charge in [0.1, 0.15) is 0 Å². The van der Waals surface area contributed by atoms with Crippen molar-refractivity contribution < 1.29 is 27.3 Å². The maximum Gasteiger partial charge on any atom is 0.309 e. The molecule has 2 N–H and O–H groups in total. The summed E-state index contributed by atoms with van der Waals surface area (Å²) < 4.78 is 4.64. The number of hydrogen-bond donors (Lipinski definition) is 1. The number of methoxy groups -OCH3 is 1. The minimum atomic E-state index is -0.0342. The molecule has 1 heterocycles. The largest absolute Gasteiger partial charge is 1.00 e. The first kappa shape index (κ1) is 10.7. The summed E-state index contributed by atoms with van der Waals surface area (Å²) in [4.78, 5) is 10.9. The topological polar surface area (TPSA) is 42.9 Å². The zero-order chi connectivity index (χ0) is 7.40. The third-order valence-corrected chi connectivity index (χ3v) is 1.97. The summed E-state index contributed by atoms with van der Waals surface area (Å²) in [5.41, 5.74) is 0. The van der Waals surface area contributed by atoms with Crippen LogP contribution in [0, 0.1) is 5.92 Å². The summed E-state index contributed by atoms with van der Waals surface area (Å²) in [5.74, 6) is 0.142. The van der Waals surface area contributed by atoms with E-state index in [9.17, 15) is 4.79 Å². The first-order valence-corrected chi connectivity index (χ1v) is 3.74. The predicted octanol–water partition coefficient (Wildman–Crippen LogP) is -3.86. The van der Waals surface area contributed by atoms with Crippen molar-refractivity contribution in [2.24, 2.45) is 5.92 Å². The number of ether oxygens (including phenoxy) is 1. The molecule has 1 fully saturated rings. The maximum atomic E-state index is 10.9. The van der Waals surface area contributed by atoms with Crippen LogP contribution in [0.25, 0.3) is 0 Å². The van der Waals surface area contributed by atoms with Crippen LogP contribution < -0.4 is 17.7 Å². The number of rotatable bonds is 1. The van der Waals surface area contributed by atoms with Gasteiger partial charge in [0.15, 0.2) is 0 Å². The molecule has 0 bridgehead atoms. The summed E-state index contributed by atoms with van der Waals surface area (Å²) in [6.45, 7) is 2.14. The van der Waals surface area contributed by atoms with Crippen molar-refractivity contribution in [3.63, 3.8) is 0 Å². The fraction of sp³-hybridized carbons (Fsp3) is 0.857. The van der Waals surface area contributed by atoms with Gasteiger partial charge in [-0.25, -0.2) is 0 Å². The molecule has 0 radical (unpaired) electrons. The Balaban J connectivity index is 0.000001000. The van der Waals surface area contributed by atoms with Gasteiger partial charge in [-0.1, -0.05) is 0 Å². The zero-order valence-electron chi connectivity index (χ0n) is 6.68. The van der Waals surface area contributed by atoms with Crippen LogP contribution in [0.2, 0.25) is 0 Å². The minimum Gasteiger partial charge on any atom is -1.00 e. The van der Waals surface area contributed by atoms with Crippen LogP contribution in [0.5, 0.6) is 0 Å². The van der Waals surface area contributed by atoms with Crippen LogP contribution in [-0.2, 0) is 9.53 Å². The van der Waals surface area contributed by atoms with Crippen molar-refractivity contribution in [3.05, 3.63) is 0 Å². The van der Waals surface area contributed by atoms with E-state index in [1.165, 1.54) is 7.11 Å². The Bertz CT molecular complexity index is 124. The molecule has 1 aliphatic rings. The number of carbonyl (C=O) groups excluding carboxylic acids is 1. The highest BCUT2D eigenvalue weighted by Gasteiger charge is 2.22. The lowest BCUT2D eigenvalue weighted by molar-refractivity contribution is -0.664. The number of halogens is 1. The second-order valence-electron chi connectivity index (χ2n) is 2.66. The maximum absolute atomic E-state index is 10.9. The molecule has 0 aromatic heterocycles. The number of hydrogen-bond acceptors (Lipinski definition) is 2. The Hall–Kier alpha value is -0.280. The monoisotopic (exact) mass is 179 g/mol. The molecular weight excluding hydrogens is 166 g/mol. The molecule has 0 saturated carbocycles. The van der Waals surface area contributed by atoms with Gasteiger partial charge in [0, 0.05) is 12.8 Å². The Morgan fingerprint density at radius 2 is 2.00 bits per heavy atom. The Morgan fingerprint density at radius 3 is 2.45 bits per heavy atom. The van der Waals surface area contributed by atoms with Gasteiger partial charge in [-0.3, -0.25) is 4.79 Å². The third-order valence-electron chi connectivity index (χ3n) is 1.97. The summed E-state index contributed by atoms with van der Waals surface area (Å²) in [6.07, 6.45) is 1.96. The summed E-state index contributed by atoms with van der Waals surface area (Å²) in [7, 11) is 1.46. The van der Waals surface area contributed by atoms with E-state index in [0.717, 1.165) is 25.9 Å². The zero-order valence-corrected chi connectivity index (χ0v) is 7.43. The number of nitrogens with two attached hydrogens (primary N) is 1. The molecular formula is C7H14ClNO2. The van der Waals surface area contributed by atoms with E-state index in [0.29, 0.717) is 0 Å². The van der Waals surface area contributed by atoms with E-state index < -0.39 is 0 Å². The molecule has 1 aliphatic heterocycles. The molecule has 0 amide bonds. The van der Waals surface area contributed by atoms with Crippen LogP contribution in [0.15, 0.2) is 0 Å². The van der Waals surface area contributed by atoms with Gasteiger partial charge in [-0.05, 0) is 0 Å². The smallest absolute Gasteiger partial charge is 0.309 e. The Morgan fingerprint density at radius 1 is 1.45 bits per heavy atom. The first-order valence-electron chi connectivity index (χ1n) is 3.74. The molecule has 0 unspecified atom stereocenters. The quantitative estimate of drug-likeness (QED) is 0.419. The highest BCUT2D eigenvalue weighted by atomic mass is 35.5. The van der Waals surface area contributed by atoms with Crippen LogP contribution in [0.1, 0.15) is 12.8 Å². The fourth-order valence-electron chi connectivity index (χ4n) is 1.33. The second kappa shape index (κ2) is 5.38. The summed E-state index contributed by atoms with van der Waals surface area (Å²) >= 11 is 0. The van der Waals surface area contributed by atoms with Crippen molar-refractivity contribution in [1.29, 1.82) is 0 Å². The SMILES string of the molecule is COC(=O)C1CC[NH2+]CC1.[Cl-]. The number of carbonyl (C=O) groups is 1. The van der Waals surface area contributed by atoms with Crippen molar-refractivity contribution in [2.75, 3.05) is 20.2 Å². The van der Waals surface area contributed by atoms with E-state index in [2.05, 4.69) is 10.1 Å². The van der Waals surface area contributed by atoms with E-state index in [4.69, 9.17) is 0 Å². The molecule has 3 nitrogen and oxygen atoms in total. The summed E-state index contributed by atoms with van der Waals surface area (Å²) in [5, 5.41) is 2.24. The highest BCUT2D eigenvalue weighted by Crippen LogP contribution is 2.09. The van der Waals surface area contributed by atoms with E-state index in [1.54, 1.807) is 0 Å². The second-order valence-corrected chi connectivity index (χ2v) is 2.66. The van der Waals surface area contributed by atoms with Gasteiger partial charge in [0.05, 0.1) is 26.1 Å². The van der Waals surface area contributed by atoms with Crippen LogP contribution in [0.3, 0.4) is 0 Å². The lowest BCUT2D eigenvalue weighted by Gasteiger charge is -2.17. The number of quaternary nitrogens is 1. The van der Waals surface area contributed by atoms with Gasteiger partial charge in [0.2, 0.25) is 0 Å². The van der Waals surface area contributed by atoms with Crippen LogP contribution in [0.4, 0.5) is 0 Å². The molecule has 0 aromatic rings. The van der Waals surface area contributed by atoms with Crippen molar-refractivity contribution in [1.82, 2.24) is 0 Å². The van der Waals surface area contributed by atoms with Crippen LogP contribution in [-0.4, -0.2) is 26.2 Å². The number of piperidine rings is 1. The average molecular weight is 180 g/mol. The molecule has 1 rings (SSSR count). The van der Waals surface area contributed by atoms with Crippen molar-refractivity contribution >= 4 is 5.97 Å². The normalized spacial score (nSPS) is 18.6. The van der Waals surface area contributed by atoms with Crippen LogP contribution >= 0.6 is 0 Å². The Labute approximate surface area is 72.9 Å². The minimum absolute atomic E-state index is 0. The molecule has 0 aliphatic carbocycles. The molecule has 66 valence electrons. The highest BCUT2D eigenvalue weighted by molar-refractivity contribution is 5.72. The third kappa shape index (κ3) is 3.08. The van der Waals surface area contributed by atoms with E-state index >= 15 is 0 Å². The fourth-order valence-corrected chi connectivity index (χ4v) is 1.33. The molecule has 0 atom stereocenters. The molecule has 4 heteroatoms. The molecule has 0 aromatic carbocycles. The lowest BCUT2D eigenvalue weighted by atomic mass is 9.99. The Kier molecular flexibility index (Phi) is 5.24. The van der Waals surface area contributed by atoms with Gasteiger partial charge in [-0.15, -0.1) is 0 Å². The first-order chi connectivity index (χ1) is 4.84. The van der Waals surface area contributed by atoms with Crippen molar-refractivity contribution in [2.45, 2.75) is 12.8 Å². The van der Waals surface area contributed by atoms with Gasteiger partial charge in [-0.2, -0.15) is 0 Å². The average Bonchev–Trinajstić information content (AvgIpc) is 2.05. The summed E-state index contributed by atoms with van der Waals surface area (Å²) in [6, 6.07) is 0. The molecule has 0 spiro atoms. The predicted molar refractivity (Wildman–Crippen MR) is 36.4 cm³/mol. The molecule has 1 saturated heterocycles. The van der Waals surface area contributed by atoms with E-state index in [-0.39, 0.29) is 24.3 Å². The van der Waals surface area contributed by atoms with E-state index in [1.807, 2.05) is 0 Å². The van der Waals surface area contributed by atoms with Gasteiger partial charge in [0.25, 0.3) is 0 Å².